The third-order valence-corrected chi connectivity index (χ3v) is 1.63. The summed E-state index contributed by atoms with van der Waals surface area (Å²) in [5, 5.41) is 10.6. The Labute approximate surface area is 62.1 Å². The Morgan fingerprint density at radius 2 is 2.30 bits per heavy atom. The van der Waals surface area contributed by atoms with Gasteiger partial charge in [-0.25, -0.2) is 4.79 Å². The van der Waals surface area contributed by atoms with Crippen molar-refractivity contribution in [1.82, 2.24) is 0 Å². The number of hydrogen-bond acceptors (Lipinski definition) is 2. The van der Waals surface area contributed by atoms with Gasteiger partial charge in [0.25, 0.3) is 0 Å². The van der Waals surface area contributed by atoms with Crippen molar-refractivity contribution >= 4 is 16.6 Å². The van der Waals surface area contributed by atoms with Crippen molar-refractivity contribution < 1.29 is 9.90 Å². The van der Waals surface area contributed by atoms with Crippen LogP contribution in [-0.4, -0.2) is 10.3 Å². The molecule has 0 aliphatic carbocycles. The third kappa shape index (κ3) is 1.72. The molecule has 0 atom stereocenters. The minimum Gasteiger partial charge on any atom is -0.508 e. The summed E-state index contributed by atoms with van der Waals surface area (Å²) in [6.45, 7) is 0. The molecule has 1 aromatic rings. The molecule has 52 valence electrons. The smallest absolute Gasteiger partial charge is 0.157 e. The fraction of sp³-hybridized carbons (Fsp3) is 0. The molecule has 0 bridgehead atoms. The molecule has 10 heavy (non-hydrogen) atoms. The maximum atomic E-state index is 9.87. The van der Waals surface area contributed by atoms with Gasteiger partial charge in [-0.1, -0.05) is 17.4 Å². The maximum Gasteiger partial charge on any atom is 0.157 e. The van der Waals surface area contributed by atoms with Crippen LogP contribution < -0.4 is 0 Å². The summed E-state index contributed by atoms with van der Waals surface area (Å²) in [6, 6.07) is 6.54. The van der Waals surface area contributed by atoms with Gasteiger partial charge >= 0.3 is 0 Å². The predicted octanol–water partition coefficient (Wildman–Crippen LogP) is 1.28. The standard InChI is InChI=1S/C7H6O2S/c8-5-10-7-3-1-2-6(9)4-7/h1-4,9-10H. The zero-order chi connectivity index (χ0) is 7.40. The Hall–Kier alpha value is -1.05. The van der Waals surface area contributed by atoms with Crippen LogP contribution in [0.4, 0.5) is 0 Å². The zero-order valence-electron chi connectivity index (χ0n) is 5.11. The molecule has 0 fully saturated rings. The second kappa shape index (κ2) is 3.20. The quantitative estimate of drug-likeness (QED) is 0.472. The van der Waals surface area contributed by atoms with Crippen molar-refractivity contribution in [3.8, 4) is 5.75 Å². The molecule has 0 amide bonds. The van der Waals surface area contributed by atoms with E-state index in [1.807, 2.05) is 0 Å². The van der Waals surface area contributed by atoms with Crippen LogP contribution in [0, 0.1) is 0 Å². The molecule has 0 radical (unpaired) electrons. The Balaban J connectivity index is 3.06. The topological polar surface area (TPSA) is 37.3 Å². The first-order valence-corrected chi connectivity index (χ1v) is 3.59. The van der Waals surface area contributed by atoms with E-state index in [0.717, 1.165) is 4.90 Å². The van der Waals surface area contributed by atoms with Gasteiger partial charge in [-0.3, -0.25) is 0 Å². The second-order valence-electron chi connectivity index (χ2n) is 1.72. The summed E-state index contributed by atoms with van der Waals surface area (Å²) >= 11 is 0.471. The molecule has 3 heteroatoms. The molecule has 0 aliphatic heterocycles. The van der Waals surface area contributed by atoms with Crippen LogP contribution >= 0.6 is 11.4 Å². The molecule has 0 saturated carbocycles. The molecular formula is C7H6O2S. The number of carbonyl (C=O) groups excluding carboxylic acids is 1. The number of thiol groups is 1. The number of phenolic OH excluding ortho intramolecular Hbond substituents is 1. The van der Waals surface area contributed by atoms with E-state index in [-0.39, 0.29) is 5.75 Å². The molecule has 1 rings (SSSR count). The fourth-order valence-electron chi connectivity index (χ4n) is 0.615. The van der Waals surface area contributed by atoms with Crippen LogP contribution in [0.1, 0.15) is 0 Å². The Bertz CT molecular complexity index is 277. The average Bonchev–Trinajstić information content (AvgIpc) is 1.88. The highest BCUT2D eigenvalue weighted by Gasteiger charge is 1.87. The highest BCUT2D eigenvalue weighted by atomic mass is 32.1. The van der Waals surface area contributed by atoms with Gasteiger partial charge in [-0.05, 0) is 18.2 Å². The highest BCUT2D eigenvalue weighted by Crippen LogP contribution is 2.15. The predicted molar refractivity (Wildman–Crippen MR) is 41.1 cm³/mol. The molecule has 1 aromatic carbocycles. The number of aromatic hydroxyl groups is 1. The minimum atomic E-state index is 0.181. The van der Waals surface area contributed by atoms with Crippen LogP contribution in [0.2, 0.25) is 0 Å². The van der Waals surface area contributed by atoms with Gasteiger partial charge in [-0.2, -0.15) is 0 Å². The van der Waals surface area contributed by atoms with Crippen molar-refractivity contribution in [3.63, 3.8) is 0 Å². The summed E-state index contributed by atoms with van der Waals surface area (Å²) in [6.07, 6.45) is 0. The summed E-state index contributed by atoms with van der Waals surface area (Å²) in [4.78, 5) is 10.6. The van der Waals surface area contributed by atoms with Crippen molar-refractivity contribution in [1.29, 1.82) is 0 Å². The molecule has 1 N–H and O–H groups in total. The fourth-order valence-corrected chi connectivity index (χ4v) is 1.08. The molecular weight excluding hydrogens is 148 g/mol. The first-order valence-electron chi connectivity index (χ1n) is 2.70. The van der Waals surface area contributed by atoms with E-state index in [4.69, 9.17) is 5.11 Å². The molecule has 0 aliphatic rings. The van der Waals surface area contributed by atoms with Crippen LogP contribution in [0.3, 0.4) is 0 Å². The Kier molecular flexibility index (Phi) is 2.26. The molecule has 0 aromatic heterocycles. The number of phenols is 1. The van der Waals surface area contributed by atoms with Gasteiger partial charge < -0.3 is 5.11 Å². The summed E-state index contributed by atoms with van der Waals surface area (Å²) in [5.41, 5.74) is 0. The average molecular weight is 154 g/mol. The van der Waals surface area contributed by atoms with E-state index < -0.39 is 0 Å². The Morgan fingerprint density at radius 1 is 1.50 bits per heavy atom. The van der Waals surface area contributed by atoms with Gasteiger partial charge in [0.2, 0.25) is 0 Å². The lowest BCUT2D eigenvalue weighted by atomic mass is 10.3. The molecule has 0 spiro atoms. The largest absolute Gasteiger partial charge is 0.508 e. The van der Waals surface area contributed by atoms with Crippen LogP contribution in [-0.2, 0) is 4.79 Å². The third-order valence-electron chi connectivity index (χ3n) is 1.00. The van der Waals surface area contributed by atoms with Crippen molar-refractivity contribution in [2.75, 3.05) is 0 Å². The number of hydrogen-bond donors (Lipinski definition) is 2. The van der Waals surface area contributed by atoms with Gasteiger partial charge in [0, 0.05) is 4.90 Å². The minimum absolute atomic E-state index is 0.181. The van der Waals surface area contributed by atoms with E-state index in [1.165, 1.54) is 6.07 Å². The van der Waals surface area contributed by atoms with Crippen LogP contribution in [0.15, 0.2) is 29.2 Å². The van der Waals surface area contributed by atoms with E-state index in [2.05, 4.69) is 0 Å². The van der Waals surface area contributed by atoms with Crippen LogP contribution in [0.5, 0.6) is 5.75 Å². The molecule has 2 nitrogen and oxygen atoms in total. The number of benzene rings is 1. The van der Waals surface area contributed by atoms with Crippen LogP contribution in [0.25, 0.3) is 0 Å². The lowest BCUT2D eigenvalue weighted by molar-refractivity contribution is 0.474. The van der Waals surface area contributed by atoms with E-state index in [9.17, 15) is 4.79 Å². The maximum absolute atomic E-state index is 9.87. The van der Waals surface area contributed by atoms with Crippen molar-refractivity contribution in [2.24, 2.45) is 0 Å². The lowest BCUT2D eigenvalue weighted by Gasteiger charge is -1.90. The molecule has 0 unspecified atom stereocenters. The van der Waals surface area contributed by atoms with Crippen molar-refractivity contribution in [3.05, 3.63) is 24.3 Å². The molecule has 0 heterocycles. The van der Waals surface area contributed by atoms with Gasteiger partial charge in [0.05, 0.1) is 0 Å². The first kappa shape index (κ1) is 7.06. The Morgan fingerprint density at radius 3 is 2.90 bits per heavy atom. The van der Waals surface area contributed by atoms with E-state index in [1.54, 1.807) is 23.4 Å². The van der Waals surface area contributed by atoms with Gasteiger partial charge in [0.15, 0.2) is 5.23 Å². The number of rotatable bonds is 1. The monoisotopic (exact) mass is 154 g/mol. The second-order valence-corrected chi connectivity index (χ2v) is 2.65. The van der Waals surface area contributed by atoms with Gasteiger partial charge in [0.1, 0.15) is 5.75 Å². The molecule has 0 saturated heterocycles. The van der Waals surface area contributed by atoms with Crippen molar-refractivity contribution in [2.45, 2.75) is 4.90 Å². The normalized spacial score (nSPS) is 8.80. The van der Waals surface area contributed by atoms with E-state index in [0.29, 0.717) is 11.4 Å². The summed E-state index contributed by atoms with van der Waals surface area (Å²) in [7, 11) is 0. The summed E-state index contributed by atoms with van der Waals surface area (Å²) in [5.74, 6) is 0.181. The van der Waals surface area contributed by atoms with E-state index >= 15 is 0 Å². The SMILES string of the molecule is O=C=[SH]c1cccc(O)c1. The lowest BCUT2D eigenvalue weighted by Crippen LogP contribution is -1.65. The highest BCUT2D eigenvalue weighted by molar-refractivity contribution is 7.96. The first-order chi connectivity index (χ1) is 4.83. The van der Waals surface area contributed by atoms with Gasteiger partial charge in [-0.15, -0.1) is 0 Å². The zero-order valence-corrected chi connectivity index (χ0v) is 6.01. The summed E-state index contributed by atoms with van der Waals surface area (Å²) < 4.78 is 0.